The molecule has 0 aliphatic carbocycles. The summed E-state index contributed by atoms with van der Waals surface area (Å²) >= 11 is 6.80. The van der Waals surface area contributed by atoms with Gasteiger partial charge in [0.15, 0.2) is 0 Å². The summed E-state index contributed by atoms with van der Waals surface area (Å²) in [5, 5.41) is 17.3. The zero-order valence-electron chi connectivity index (χ0n) is 18.7. The van der Waals surface area contributed by atoms with Crippen LogP contribution in [0.15, 0.2) is 93.9 Å². The number of aryl methyl sites for hydroxylation is 2. The number of nitrogen functional groups attached to an aromatic ring is 1. The van der Waals surface area contributed by atoms with E-state index in [0.717, 1.165) is 42.8 Å². The van der Waals surface area contributed by atoms with Crippen LogP contribution in [0.25, 0.3) is 0 Å². The van der Waals surface area contributed by atoms with Crippen molar-refractivity contribution in [2.45, 2.75) is 13.8 Å². The lowest BCUT2D eigenvalue weighted by Crippen LogP contribution is -1.97. The fourth-order valence-electron chi connectivity index (χ4n) is 3.14. The van der Waals surface area contributed by atoms with E-state index in [9.17, 15) is 10.1 Å². The number of halogens is 2. The van der Waals surface area contributed by atoms with E-state index in [2.05, 4.69) is 42.5 Å². The Labute approximate surface area is 215 Å². The minimum atomic E-state index is -0.382. The molecule has 4 aromatic rings. The lowest BCUT2D eigenvalue weighted by molar-refractivity contribution is -0.384. The second-order valence-electron chi connectivity index (χ2n) is 7.64. The molecule has 0 aliphatic heterocycles. The lowest BCUT2D eigenvalue weighted by atomic mass is 10.2. The van der Waals surface area contributed by atoms with Gasteiger partial charge in [0.2, 0.25) is 0 Å². The van der Waals surface area contributed by atoms with Crippen molar-refractivity contribution in [3.05, 3.63) is 115 Å². The van der Waals surface area contributed by atoms with Crippen LogP contribution in [-0.4, -0.2) is 4.92 Å². The lowest BCUT2D eigenvalue weighted by Gasteiger charge is -2.10. The molecule has 4 aromatic carbocycles. The molecule has 8 heteroatoms. The first-order chi connectivity index (χ1) is 16.2. The monoisotopic (exact) mass is 582 g/mol. The Morgan fingerprint density at radius 1 is 0.735 bits per heavy atom. The van der Waals surface area contributed by atoms with Gasteiger partial charge in [0.05, 0.1) is 16.3 Å². The van der Waals surface area contributed by atoms with Crippen LogP contribution in [0.4, 0.5) is 34.1 Å². The fraction of sp³-hybridized carbons (Fsp3) is 0.0769. The van der Waals surface area contributed by atoms with Crippen LogP contribution in [-0.2, 0) is 0 Å². The third-order valence-corrected chi connectivity index (χ3v) is 5.75. The summed E-state index contributed by atoms with van der Waals surface area (Å²) in [6.45, 7) is 3.86. The van der Waals surface area contributed by atoms with Crippen LogP contribution >= 0.6 is 31.9 Å². The van der Waals surface area contributed by atoms with Gasteiger partial charge in [0.25, 0.3) is 5.69 Å². The summed E-state index contributed by atoms with van der Waals surface area (Å²) in [4.78, 5) is 10.6. The van der Waals surface area contributed by atoms with Gasteiger partial charge in [-0.25, -0.2) is 0 Å². The molecule has 0 aliphatic rings. The first kappa shape index (κ1) is 25.3. The molecule has 4 N–H and O–H groups in total. The largest absolute Gasteiger partial charge is 0.397 e. The normalized spacial score (nSPS) is 10.1. The molecule has 4 rings (SSSR count). The van der Waals surface area contributed by atoms with Crippen LogP contribution in [0, 0.1) is 24.0 Å². The molecule has 0 saturated heterocycles. The van der Waals surface area contributed by atoms with Gasteiger partial charge in [0.1, 0.15) is 5.69 Å². The fourth-order valence-corrected chi connectivity index (χ4v) is 3.94. The highest BCUT2D eigenvalue weighted by Crippen LogP contribution is 2.29. The van der Waals surface area contributed by atoms with Crippen molar-refractivity contribution in [3.63, 3.8) is 0 Å². The van der Waals surface area contributed by atoms with Gasteiger partial charge in [-0.3, -0.25) is 10.1 Å². The molecular formula is C26H24Br2N4O2. The van der Waals surface area contributed by atoms with E-state index in [4.69, 9.17) is 5.73 Å². The highest BCUT2D eigenvalue weighted by atomic mass is 79.9. The predicted octanol–water partition coefficient (Wildman–Crippen LogP) is 8.49. The van der Waals surface area contributed by atoms with Crippen molar-refractivity contribution in [2.75, 3.05) is 16.4 Å². The zero-order valence-corrected chi connectivity index (χ0v) is 21.9. The maximum atomic E-state index is 11.0. The second kappa shape index (κ2) is 11.7. The Balaban J connectivity index is 0.000000192. The molecule has 0 saturated carbocycles. The molecule has 0 bridgehead atoms. The van der Waals surface area contributed by atoms with Crippen molar-refractivity contribution in [1.29, 1.82) is 0 Å². The van der Waals surface area contributed by atoms with E-state index < -0.39 is 0 Å². The van der Waals surface area contributed by atoms with Crippen LogP contribution < -0.4 is 16.4 Å². The van der Waals surface area contributed by atoms with E-state index in [1.165, 1.54) is 0 Å². The number of hydrogen-bond acceptors (Lipinski definition) is 5. The molecule has 0 amide bonds. The Kier molecular flexibility index (Phi) is 8.67. The summed E-state index contributed by atoms with van der Waals surface area (Å²) in [6, 6.07) is 26.6. The van der Waals surface area contributed by atoms with Gasteiger partial charge >= 0.3 is 0 Å². The Hall–Kier alpha value is -3.36. The molecule has 34 heavy (non-hydrogen) atoms. The third kappa shape index (κ3) is 7.33. The van der Waals surface area contributed by atoms with Gasteiger partial charge < -0.3 is 16.4 Å². The number of anilines is 5. The van der Waals surface area contributed by atoms with Gasteiger partial charge in [-0.15, -0.1) is 0 Å². The molecular weight excluding hydrogens is 560 g/mol. The van der Waals surface area contributed by atoms with Crippen LogP contribution in [0.2, 0.25) is 0 Å². The van der Waals surface area contributed by atoms with Crippen molar-refractivity contribution < 1.29 is 4.92 Å². The standard InChI is InChI=1S/C13H11BrN2O2.C13H13BrN2/c1-9-5-6-12(13(7-9)16(17)18)15-11-4-2-3-10(14)8-11;1-9-5-6-13(12(15)7-9)16-11-4-2-3-10(14)8-11/h2-8,15H,1H3;2-8,16H,15H2,1H3. The van der Waals surface area contributed by atoms with Crippen molar-refractivity contribution in [2.24, 2.45) is 0 Å². The smallest absolute Gasteiger partial charge is 0.292 e. The number of benzene rings is 4. The highest BCUT2D eigenvalue weighted by molar-refractivity contribution is 9.10. The predicted molar refractivity (Wildman–Crippen MR) is 148 cm³/mol. The van der Waals surface area contributed by atoms with E-state index >= 15 is 0 Å². The summed E-state index contributed by atoms with van der Waals surface area (Å²) in [6.07, 6.45) is 0. The number of rotatable bonds is 5. The topological polar surface area (TPSA) is 93.2 Å². The Morgan fingerprint density at radius 3 is 1.74 bits per heavy atom. The average Bonchev–Trinajstić information content (AvgIpc) is 2.77. The van der Waals surface area contributed by atoms with Crippen molar-refractivity contribution in [1.82, 2.24) is 0 Å². The van der Waals surface area contributed by atoms with Crippen molar-refractivity contribution >= 4 is 66.0 Å². The highest BCUT2D eigenvalue weighted by Gasteiger charge is 2.13. The first-order valence-corrected chi connectivity index (χ1v) is 12.0. The Bertz CT molecular complexity index is 1310. The minimum absolute atomic E-state index is 0.0787. The van der Waals surface area contributed by atoms with Crippen molar-refractivity contribution in [3.8, 4) is 0 Å². The third-order valence-electron chi connectivity index (χ3n) is 4.76. The maximum absolute atomic E-state index is 11.0. The van der Waals surface area contributed by atoms with E-state index in [-0.39, 0.29) is 10.6 Å². The zero-order chi connectivity index (χ0) is 24.7. The van der Waals surface area contributed by atoms with Crippen LogP contribution in [0.1, 0.15) is 11.1 Å². The second-order valence-corrected chi connectivity index (χ2v) is 9.47. The minimum Gasteiger partial charge on any atom is -0.397 e. The summed E-state index contributed by atoms with van der Waals surface area (Å²) in [5.74, 6) is 0. The summed E-state index contributed by atoms with van der Waals surface area (Å²) in [5.41, 5.74) is 12.0. The molecule has 0 aromatic heterocycles. The molecule has 0 atom stereocenters. The molecule has 0 fully saturated rings. The number of hydrogen-bond donors (Lipinski definition) is 3. The summed E-state index contributed by atoms with van der Waals surface area (Å²) < 4.78 is 1.96. The van der Waals surface area contributed by atoms with Gasteiger partial charge in [0, 0.05) is 26.4 Å². The van der Waals surface area contributed by atoms with Crippen LogP contribution in [0.5, 0.6) is 0 Å². The van der Waals surface area contributed by atoms with Gasteiger partial charge in [-0.2, -0.15) is 0 Å². The van der Waals surface area contributed by atoms with Crippen LogP contribution in [0.3, 0.4) is 0 Å². The SMILES string of the molecule is Cc1ccc(Nc2cccc(Br)c2)c(N)c1.Cc1ccc(Nc2cccc(Br)c2)c([N+](=O)[O-])c1. The molecule has 0 spiro atoms. The number of nitrogens with zero attached hydrogens (tertiary/aromatic N) is 1. The molecule has 174 valence electrons. The number of nitrogens with two attached hydrogens (primary N) is 1. The van der Waals surface area contributed by atoms with E-state index in [1.807, 2.05) is 86.6 Å². The number of nitro benzene ring substituents is 1. The molecule has 0 unspecified atom stereocenters. The number of nitrogens with one attached hydrogen (secondary N) is 2. The van der Waals surface area contributed by atoms with Gasteiger partial charge in [-0.1, -0.05) is 56.1 Å². The van der Waals surface area contributed by atoms with E-state index in [1.54, 1.807) is 12.1 Å². The maximum Gasteiger partial charge on any atom is 0.292 e. The first-order valence-electron chi connectivity index (χ1n) is 10.4. The molecule has 0 heterocycles. The summed E-state index contributed by atoms with van der Waals surface area (Å²) in [7, 11) is 0. The molecule has 6 nitrogen and oxygen atoms in total. The quantitative estimate of drug-likeness (QED) is 0.124. The van der Waals surface area contributed by atoms with Gasteiger partial charge in [-0.05, 0) is 79.6 Å². The Morgan fingerprint density at radius 2 is 1.24 bits per heavy atom. The number of nitro groups is 1. The average molecular weight is 584 g/mol. The molecule has 0 radical (unpaired) electrons. The van der Waals surface area contributed by atoms with E-state index in [0.29, 0.717) is 5.69 Å².